The van der Waals surface area contributed by atoms with Crippen molar-refractivity contribution in [2.24, 2.45) is 0 Å². The van der Waals surface area contributed by atoms with Crippen LogP contribution in [0.25, 0.3) is 10.9 Å². The predicted molar refractivity (Wildman–Crippen MR) is 76.0 cm³/mol. The molecule has 2 heterocycles. The number of nitrogens with zero attached hydrogens (tertiary/aromatic N) is 2. The van der Waals surface area contributed by atoms with Gasteiger partial charge in [0.15, 0.2) is 6.23 Å². The van der Waals surface area contributed by atoms with Gasteiger partial charge in [-0.1, -0.05) is 0 Å². The highest BCUT2D eigenvalue weighted by Crippen LogP contribution is 2.37. The number of hydrogen-bond donors (Lipinski definition) is 0. The van der Waals surface area contributed by atoms with Crippen LogP contribution >= 0.6 is 15.9 Å². The molecule has 1 aromatic carbocycles. The molecule has 2 aromatic rings. The first kappa shape index (κ1) is 13.9. The molecule has 1 atom stereocenters. The van der Waals surface area contributed by atoms with E-state index in [9.17, 15) is 8.78 Å². The Morgan fingerprint density at radius 2 is 2.25 bits per heavy atom. The van der Waals surface area contributed by atoms with Crippen molar-refractivity contribution in [3.63, 3.8) is 0 Å². The maximum atomic E-state index is 13.1. The minimum absolute atomic E-state index is 0.0432. The van der Waals surface area contributed by atoms with Crippen LogP contribution in [0.4, 0.5) is 8.78 Å². The summed E-state index contributed by atoms with van der Waals surface area (Å²) in [6.07, 6.45) is 2.11. The topological polar surface area (TPSA) is 27.1 Å². The summed E-state index contributed by atoms with van der Waals surface area (Å²) in [5.41, 5.74) is 1.45. The first-order chi connectivity index (χ1) is 9.59. The van der Waals surface area contributed by atoms with E-state index in [1.165, 1.54) is 0 Å². The van der Waals surface area contributed by atoms with Crippen LogP contribution in [-0.4, -0.2) is 16.4 Å². The number of aromatic nitrogens is 2. The van der Waals surface area contributed by atoms with Crippen LogP contribution in [-0.2, 0) is 4.74 Å². The van der Waals surface area contributed by atoms with Crippen LogP contribution in [0.5, 0.6) is 0 Å². The van der Waals surface area contributed by atoms with Crippen molar-refractivity contribution in [2.75, 3.05) is 6.61 Å². The predicted octanol–water partition coefficient (Wildman–Crippen LogP) is 4.74. The zero-order chi connectivity index (χ0) is 14.3. The normalized spacial score (nSPS) is 19.9. The van der Waals surface area contributed by atoms with Crippen molar-refractivity contribution in [2.45, 2.75) is 38.8 Å². The highest BCUT2D eigenvalue weighted by molar-refractivity contribution is 9.10. The van der Waals surface area contributed by atoms with Gasteiger partial charge in [-0.05, 0) is 53.7 Å². The molecule has 0 spiro atoms. The summed E-state index contributed by atoms with van der Waals surface area (Å²) < 4.78 is 34.2. The van der Waals surface area contributed by atoms with Crippen LogP contribution in [0.2, 0.25) is 0 Å². The SMILES string of the molecule is Cc1cc2c(cnn2C2CCCCO2)c(Br)c1C(F)F. The Kier molecular flexibility index (Phi) is 3.77. The number of ether oxygens (including phenoxy) is 1. The third-order valence-electron chi connectivity index (χ3n) is 3.73. The number of halogens is 3. The van der Waals surface area contributed by atoms with E-state index < -0.39 is 6.43 Å². The lowest BCUT2D eigenvalue weighted by Crippen LogP contribution is -2.19. The van der Waals surface area contributed by atoms with Gasteiger partial charge in [-0.3, -0.25) is 0 Å². The molecule has 3 rings (SSSR count). The highest BCUT2D eigenvalue weighted by atomic mass is 79.9. The quantitative estimate of drug-likeness (QED) is 0.786. The van der Waals surface area contributed by atoms with Gasteiger partial charge in [-0.15, -0.1) is 0 Å². The Morgan fingerprint density at radius 1 is 1.45 bits per heavy atom. The van der Waals surface area contributed by atoms with E-state index in [-0.39, 0.29) is 11.8 Å². The summed E-state index contributed by atoms with van der Waals surface area (Å²) in [7, 11) is 0. The number of alkyl halides is 2. The Balaban J connectivity index is 2.13. The number of hydrogen-bond acceptors (Lipinski definition) is 2. The number of rotatable bonds is 2. The second kappa shape index (κ2) is 5.41. The Labute approximate surface area is 124 Å². The van der Waals surface area contributed by atoms with Crippen molar-refractivity contribution in [1.82, 2.24) is 9.78 Å². The maximum absolute atomic E-state index is 13.1. The lowest BCUT2D eigenvalue weighted by Gasteiger charge is -2.23. The minimum atomic E-state index is -2.50. The van der Waals surface area contributed by atoms with Crippen molar-refractivity contribution >= 4 is 26.8 Å². The molecule has 0 bridgehead atoms. The summed E-state index contributed by atoms with van der Waals surface area (Å²) in [6.45, 7) is 2.42. The van der Waals surface area contributed by atoms with Gasteiger partial charge in [-0.2, -0.15) is 5.10 Å². The molecule has 1 fully saturated rings. The fourth-order valence-corrected chi connectivity index (χ4v) is 3.49. The molecular formula is C14H15BrF2N2O. The third kappa shape index (κ3) is 2.24. The molecule has 0 aliphatic carbocycles. The third-order valence-corrected chi connectivity index (χ3v) is 4.59. The molecule has 1 unspecified atom stereocenters. The lowest BCUT2D eigenvalue weighted by atomic mass is 10.1. The van der Waals surface area contributed by atoms with Gasteiger partial charge in [0.25, 0.3) is 6.43 Å². The first-order valence-corrected chi connectivity index (χ1v) is 7.45. The minimum Gasteiger partial charge on any atom is -0.356 e. The molecule has 6 heteroatoms. The van der Waals surface area contributed by atoms with Gasteiger partial charge in [0, 0.05) is 22.0 Å². The molecule has 108 valence electrons. The molecule has 1 aliphatic rings. The van der Waals surface area contributed by atoms with Gasteiger partial charge in [0.05, 0.1) is 11.7 Å². The second-order valence-corrected chi connectivity index (χ2v) is 5.86. The summed E-state index contributed by atoms with van der Waals surface area (Å²) in [5, 5.41) is 5.05. The monoisotopic (exact) mass is 344 g/mol. The molecule has 0 amide bonds. The van der Waals surface area contributed by atoms with Gasteiger partial charge >= 0.3 is 0 Å². The molecule has 0 N–H and O–H groups in total. The summed E-state index contributed by atoms with van der Waals surface area (Å²) in [4.78, 5) is 0. The molecule has 0 saturated carbocycles. The van der Waals surface area contributed by atoms with E-state index in [0.29, 0.717) is 15.4 Å². The fourth-order valence-electron chi connectivity index (χ4n) is 2.70. The van der Waals surface area contributed by atoms with Crippen LogP contribution in [0.15, 0.2) is 16.7 Å². The first-order valence-electron chi connectivity index (χ1n) is 6.65. The largest absolute Gasteiger partial charge is 0.356 e. The standard InChI is InChI=1S/C14H15BrF2N2O/c1-8-6-10-9(13(15)12(8)14(16)17)7-18-19(10)11-4-2-3-5-20-11/h6-7,11,14H,2-5H2,1H3. The van der Waals surface area contributed by atoms with E-state index in [2.05, 4.69) is 21.0 Å². The zero-order valence-corrected chi connectivity index (χ0v) is 12.7. The molecule has 1 aromatic heterocycles. The average Bonchev–Trinajstić information content (AvgIpc) is 2.83. The van der Waals surface area contributed by atoms with Crippen LogP contribution in [0.3, 0.4) is 0 Å². The van der Waals surface area contributed by atoms with Crippen molar-refractivity contribution in [3.05, 3.63) is 27.9 Å². The van der Waals surface area contributed by atoms with Crippen LogP contribution in [0.1, 0.15) is 43.0 Å². The van der Waals surface area contributed by atoms with Crippen molar-refractivity contribution in [3.8, 4) is 0 Å². The van der Waals surface area contributed by atoms with Crippen molar-refractivity contribution in [1.29, 1.82) is 0 Å². The Bertz CT molecular complexity index is 636. The number of aryl methyl sites for hydroxylation is 1. The zero-order valence-electron chi connectivity index (χ0n) is 11.1. The van der Waals surface area contributed by atoms with E-state index in [1.807, 2.05) is 4.68 Å². The van der Waals surface area contributed by atoms with E-state index in [4.69, 9.17) is 4.74 Å². The molecule has 20 heavy (non-hydrogen) atoms. The average molecular weight is 345 g/mol. The Morgan fingerprint density at radius 3 is 2.90 bits per heavy atom. The molecule has 3 nitrogen and oxygen atoms in total. The lowest BCUT2D eigenvalue weighted by molar-refractivity contribution is -0.0366. The highest BCUT2D eigenvalue weighted by Gasteiger charge is 2.23. The molecule has 1 saturated heterocycles. The van der Waals surface area contributed by atoms with E-state index >= 15 is 0 Å². The summed E-state index contributed by atoms with van der Waals surface area (Å²) >= 11 is 3.30. The summed E-state index contributed by atoms with van der Waals surface area (Å²) in [6, 6.07) is 1.77. The van der Waals surface area contributed by atoms with Crippen LogP contribution in [0, 0.1) is 6.92 Å². The maximum Gasteiger partial charge on any atom is 0.265 e. The van der Waals surface area contributed by atoms with Crippen LogP contribution < -0.4 is 0 Å². The van der Waals surface area contributed by atoms with Gasteiger partial charge in [-0.25, -0.2) is 13.5 Å². The Hall–Kier alpha value is -1.01. The number of benzene rings is 1. The molecule has 0 radical (unpaired) electrons. The van der Waals surface area contributed by atoms with E-state index in [0.717, 1.165) is 31.4 Å². The van der Waals surface area contributed by atoms with Gasteiger partial charge in [0.1, 0.15) is 0 Å². The van der Waals surface area contributed by atoms with E-state index in [1.54, 1.807) is 19.2 Å². The van der Waals surface area contributed by atoms with Crippen molar-refractivity contribution < 1.29 is 13.5 Å². The smallest absolute Gasteiger partial charge is 0.265 e. The van der Waals surface area contributed by atoms with Gasteiger partial charge < -0.3 is 4.74 Å². The fraction of sp³-hybridized carbons (Fsp3) is 0.500. The number of fused-ring (bicyclic) bond motifs is 1. The second-order valence-electron chi connectivity index (χ2n) is 5.06. The molecule has 1 aliphatic heterocycles. The van der Waals surface area contributed by atoms with Gasteiger partial charge in [0.2, 0.25) is 0 Å². The summed E-state index contributed by atoms with van der Waals surface area (Å²) in [5.74, 6) is 0. The molecular weight excluding hydrogens is 330 g/mol.